The molecule has 0 saturated carbocycles. The number of hydrogen-bond donors (Lipinski definition) is 2. The summed E-state index contributed by atoms with van der Waals surface area (Å²) in [7, 11) is 0. The minimum absolute atomic E-state index is 0. The van der Waals surface area contributed by atoms with Crippen LogP contribution in [-0.2, 0) is 4.79 Å². The Morgan fingerprint density at radius 2 is 2.14 bits per heavy atom. The Balaban J connectivity index is 0.00000169. The maximum atomic E-state index is 10.9. The monoisotopic (exact) mass is 278 g/mol. The highest BCUT2D eigenvalue weighted by Crippen LogP contribution is 2.15. The van der Waals surface area contributed by atoms with Crippen molar-refractivity contribution >= 4 is 46.5 Å². The molecule has 14 heavy (non-hydrogen) atoms. The summed E-state index contributed by atoms with van der Waals surface area (Å²) in [5, 5.41) is 4.44. The molecule has 3 amide bonds. The number of nitrogens with one attached hydrogen (secondary N) is 2. The summed E-state index contributed by atoms with van der Waals surface area (Å²) in [5.74, 6) is 0. The van der Waals surface area contributed by atoms with Crippen LogP contribution >= 0.6 is 28.3 Å². The van der Waals surface area contributed by atoms with Gasteiger partial charge in [-0.3, -0.25) is 10.1 Å². The first-order chi connectivity index (χ1) is 6.22. The standard InChI is InChI=1S/C8H7BrN2O2.ClH/c9-6-2-1-3-7(4-6)11-8(13)10-5-12;/h1-5H,(H2,10,11,12,13);1H. The molecule has 1 aromatic carbocycles. The van der Waals surface area contributed by atoms with Crippen LogP contribution in [0.25, 0.3) is 0 Å². The number of anilines is 1. The number of imide groups is 1. The molecule has 0 atom stereocenters. The fourth-order valence-corrected chi connectivity index (χ4v) is 1.19. The van der Waals surface area contributed by atoms with Crippen molar-refractivity contribution in [1.29, 1.82) is 0 Å². The minimum Gasteiger partial charge on any atom is -0.308 e. The highest BCUT2D eigenvalue weighted by molar-refractivity contribution is 9.10. The van der Waals surface area contributed by atoms with E-state index in [9.17, 15) is 9.59 Å². The quantitative estimate of drug-likeness (QED) is 0.815. The summed E-state index contributed by atoms with van der Waals surface area (Å²) >= 11 is 3.25. The summed E-state index contributed by atoms with van der Waals surface area (Å²) in [5.41, 5.74) is 0.619. The van der Waals surface area contributed by atoms with Gasteiger partial charge in [0.2, 0.25) is 6.41 Å². The van der Waals surface area contributed by atoms with E-state index >= 15 is 0 Å². The van der Waals surface area contributed by atoms with Crippen molar-refractivity contribution in [3.05, 3.63) is 28.7 Å². The predicted octanol–water partition coefficient (Wildman–Crippen LogP) is 2.15. The molecule has 0 heterocycles. The summed E-state index contributed by atoms with van der Waals surface area (Å²) < 4.78 is 0.858. The van der Waals surface area contributed by atoms with Gasteiger partial charge in [-0.15, -0.1) is 12.4 Å². The summed E-state index contributed by atoms with van der Waals surface area (Å²) in [4.78, 5) is 20.7. The van der Waals surface area contributed by atoms with Crippen molar-refractivity contribution < 1.29 is 9.59 Å². The molecule has 2 N–H and O–H groups in total. The number of carbonyl (C=O) groups is 2. The summed E-state index contributed by atoms with van der Waals surface area (Å²) in [6.45, 7) is 0. The van der Waals surface area contributed by atoms with Crippen molar-refractivity contribution in [3.8, 4) is 0 Å². The average molecular weight is 280 g/mol. The molecule has 4 nitrogen and oxygen atoms in total. The van der Waals surface area contributed by atoms with Gasteiger partial charge < -0.3 is 5.32 Å². The molecule has 0 unspecified atom stereocenters. The van der Waals surface area contributed by atoms with Gasteiger partial charge in [-0.2, -0.15) is 0 Å². The third-order valence-corrected chi connectivity index (χ3v) is 1.77. The molecule has 0 aliphatic rings. The van der Waals surface area contributed by atoms with E-state index in [1.54, 1.807) is 18.2 Å². The van der Waals surface area contributed by atoms with Gasteiger partial charge in [0.15, 0.2) is 0 Å². The maximum Gasteiger partial charge on any atom is 0.325 e. The van der Waals surface area contributed by atoms with Crippen molar-refractivity contribution in [2.75, 3.05) is 5.32 Å². The fourth-order valence-electron chi connectivity index (χ4n) is 0.787. The van der Waals surface area contributed by atoms with Gasteiger partial charge >= 0.3 is 6.03 Å². The van der Waals surface area contributed by atoms with Gasteiger partial charge in [0.05, 0.1) is 0 Å². The van der Waals surface area contributed by atoms with Gasteiger partial charge in [0, 0.05) is 10.2 Å². The van der Waals surface area contributed by atoms with E-state index in [1.165, 1.54) is 0 Å². The first-order valence-corrected chi connectivity index (χ1v) is 4.28. The Morgan fingerprint density at radius 3 is 2.71 bits per heavy atom. The normalized spacial score (nSPS) is 8.36. The Bertz CT molecular complexity index is 333. The van der Waals surface area contributed by atoms with E-state index in [1.807, 2.05) is 11.4 Å². The smallest absolute Gasteiger partial charge is 0.308 e. The minimum atomic E-state index is -0.548. The molecule has 0 spiro atoms. The topological polar surface area (TPSA) is 58.2 Å². The zero-order chi connectivity index (χ0) is 9.68. The summed E-state index contributed by atoms with van der Waals surface area (Å²) in [6, 6.07) is 6.51. The molecule has 76 valence electrons. The van der Waals surface area contributed by atoms with Crippen molar-refractivity contribution in [1.82, 2.24) is 5.32 Å². The molecule has 1 rings (SSSR count). The highest BCUT2D eigenvalue weighted by atomic mass is 79.9. The lowest BCUT2D eigenvalue weighted by Gasteiger charge is -2.02. The zero-order valence-corrected chi connectivity index (χ0v) is 9.39. The van der Waals surface area contributed by atoms with E-state index in [-0.39, 0.29) is 12.4 Å². The Kier molecular flexibility index (Phi) is 5.91. The molecule has 0 fully saturated rings. The number of amides is 3. The molecule has 0 aliphatic heterocycles. The third kappa shape index (κ3) is 4.25. The Labute approximate surface area is 95.6 Å². The highest BCUT2D eigenvalue weighted by Gasteiger charge is 1.98. The number of hydrogen-bond acceptors (Lipinski definition) is 2. The second-order valence-electron chi connectivity index (χ2n) is 2.23. The molecule has 0 bridgehead atoms. The van der Waals surface area contributed by atoms with Crippen LogP contribution in [0.2, 0.25) is 0 Å². The lowest BCUT2D eigenvalue weighted by Crippen LogP contribution is -2.26. The van der Waals surface area contributed by atoms with Crippen molar-refractivity contribution in [3.63, 3.8) is 0 Å². The first kappa shape index (κ1) is 12.9. The number of benzene rings is 1. The van der Waals surface area contributed by atoms with E-state index in [2.05, 4.69) is 21.2 Å². The largest absolute Gasteiger partial charge is 0.325 e. The van der Waals surface area contributed by atoms with Gasteiger partial charge in [0.1, 0.15) is 0 Å². The molecular formula is C8H8BrClN2O2. The van der Waals surface area contributed by atoms with Crippen LogP contribution in [0.4, 0.5) is 10.5 Å². The Hall–Kier alpha value is -1.07. The third-order valence-electron chi connectivity index (χ3n) is 1.27. The zero-order valence-electron chi connectivity index (χ0n) is 6.99. The van der Waals surface area contributed by atoms with Crippen molar-refractivity contribution in [2.24, 2.45) is 0 Å². The Morgan fingerprint density at radius 1 is 1.43 bits per heavy atom. The van der Waals surface area contributed by atoms with E-state index in [0.717, 1.165) is 4.47 Å². The van der Waals surface area contributed by atoms with E-state index in [4.69, 9.17) is 0 Å². The maximum absolute atomic E-state index is 10.9. The van der Waals surface area contributed by atoms with Gasteiger partial charge in [-0.05, 0) is 18.2 Å². The molecule has 1 aromatic rings. The number of rotatable bonds is 2. The van der Waals surface area contributed by atoms with Crippen LogP contribution in [0.5, 0.6) is 0 Å². The lowest BCUT2D eigenvalue weighted by molar-refractivity contribution is -0.108. The van der Waals surface area contributed by atoms with Crippen LogP contribution in [0.15, 0.2) is 28.7 Å². The lowest BCUT2D eigenvalue weighted by atomic mass is 10.3. The van der Waals surface area contributed by atoms with Crippen LogP contribution in [0.1, 0.15) is 0 Å². The van der Waals surface area contributed by atoms with Crippen LogP contribution in [0.3, 0.4) is 0 Å². The van der Waals surface area contributed by atoms with Crippen LogP contribution in [0, 0.1) is 0 Å². The van der Waals surface area contributed by atoms with E-state index < -0.39 is 6.03 Å². The van der Waals surface area contributed by atoms with Gasteiger partial charge in [-0.25, -0.2) is 4.79 Å². The number of carbonyl (C=O) groups excluding carboxylic acids is 2. The molecule has 0 saturated heterocycles. The summed E-state index contributed by atoms with van der Waals surface area (Å²) in [6.07, 6.45) is 0.327. The molecule has 0 aliphatic carbocycles. The number of urea groups is 1. The second-order valence-corrected chi connectivity index (χ2v) is 3.14. The predicted molar refractivity (Wildman–Crippen MR) is 59.6 cm³/mol. The average Bonchev–Trinajstić information content (AvgIpc) is 2.04. The molecule has 0 aromatic heterocycles. The van der Waals surface area contributed by atoms with Crippen LogP contribution in [-0.4, -0.2) is 12.4 Å². The molecule has 0 radical (unpaired) electrons. The van der Waals surface area contributed by atoms with Crippen LogP contribution < -0.4 is 10.6 Å². The first-order valence-electron chi connectivity index (χ1n) is 3.49. The van der Waals surface area contributed by atoms with Gasteiger partial charge in [-0.1, -0.05) is 22.0 Å². The van der Waals surface area contributed by atoms with Gasteiger partial charge in [0.25, 0.3) is 0 Å². The van der Waals surface area contributed by atoms with E-state index in [0.29, 0.717) is 12.1 Å². The SMILES string of the molecule is Cl.O=CNC(=O)Nc1cccc(Br)c1. The number of halogens is 2. The van der Waals surface area contributed by atoms with Crippen molar-refractivity contribution in [2.45, 2.75) is 0 Å². The second kappa shape index (κ2) is 6.39. The molecule has 6 heteroatoms. The fraction of sp³-hybridized carbons (Fsp3) is 0. The molecular weight excluding hydrogens is 271 g/mol.